The summed E-state index contributed by atoms with van der Waals surface area (Å²) in [5.41, 5.74) is 1.39. The summed E-state index contributed by atoms with van der Waals surface area (Å²) in [5, 5.41) is 0. The summed E-state index contributed by atoms with van der Waals surface area (Å²) >= 11 is 0. The van der Waals surface area contributed by atoms with E-state index < -0.39 is 5.41 Å². The largest absolute Gasteiger partial charge is 0.385 e. The molecule has 0 aliphatic carbocycles. The first-order chi connectivity index (χ1) is 9.33. The molecule has 2 heteroatoms. The molecule has 0 aromatic heterocycles. The quantitative estimate of drug-likeness (QED) is 0.740. The Bertz CT molecular complexity index is 466. The Morgan fingerprint density at radius 2 is 1.42 bits per heavy atom. The van der Waals surface area contributed by atoms with Gasteiger partial charge < -0.3 is 9.53 Å². The lowest BCUT2D eigenvalue weighted by Crippen LogP contribution is -2.31. The van der Waals surface area contributed by atoms with Gasteiger partial charge >= 0.3 is 0 Å². The van der Waals surface area contributed by atoms with Gasteiger partial charge in [0, 0.05) is 13.7 Å². The van der Waals surface area contributed by atoms with Crippen molar-refractivity contribution in [3.8, 4) is 0 Å². The Kier molecular flexibility index (Phi) is 4.48. The second kappa shape index (κ2) is 6.30. The summed E-state index contributed by atoms with van der Waals surface area (Å²) in [6.07, 6.45) is 1.68. The number of benzene rings is 2. The van der Waals surface area contributed by atoms with Crippen molar-refractivity contribution in [2.45, 2.75) is 11.8 Å². The van der Waals surface area contributed by atoms with E-state index in [0.29, 0.717) is 13.0 Å². The molecule has 0 N–H and O–H groups in total. The van der Waals surface area contributed by atoms with E-state index in [0.717, 1.165) is 17.4 Å². The van der Waals surface area contributed by atoms with Crippen molar-refractivity contribution in [1.29, 1.82) is 0 Å². The van der Waals surface area contributed by atoms with Crippen LogP contribution in [0.3, 0.4) is 0 Å². The molecule has 0 bridgehead atoms. The molecule has 0 saturated heterocycles. The first-order valence-corrected chi connectivity index (χ1v) is 6.40. The van der Waals surface area contributed by atoms with Gasteiger partial charge in [-0.25, -0.2) is 0 Å². The molecule has 98 valence electrons. The van der Waals surface area contributed by atoms with E-state index >= 15 is 0 Å². The number of ether oxygens (including phenoxy) is 1. The maximum Gasteiger partial charge on any atom is 0.135 e. The van der Waals surface area contributed by atoms with Crippen molar-refractivity contribution in [3.05, 3.63) is 71.8 Å². The van der Waals surface area contributed by atoms with E-state index in [-0.39, 0.29) is 0 Å². The second-order valence-electron chi connectivity index (χ2n) is 4.56. The van der Waals surface area contributed by atoms with Gasteiger partial charge in [0.2, 0.25) is 0 Å². The lowest BCUT2D eigenvalue weighted by molar-refractivity contribution is -0.111. The number of aldehydes is 1. The van der Waals surface area contributed by atoms with Crippen LogP contribution in [-0.2, 0) is 14.9 Å². The SMILES string of the molecule is COCCC(C=O)(c1ccccc1)c1ccccc1. The zero-order valence-corrected chi connectivity index (χ0v) is 11.1. The Balaban J connectivity index is 2.51. The summed E-state index contributed by atoms with van der Waals surface area (Å²) in [6.45, 7) is 0.544. The maximum atomic E-state index is 11.9. The van der Waals surface area contributed by atoms with Crippen LogP contribution in [0, 0.1) is 0 Å². The Morgan fingerprint density at radius 1 is 0.947 bits per heavy atom. The van der Waals surface area contributed by atoms with Crippen LogP contribution >= 0.6 is 0 Å². The molecule has 2 rings (SSSR count). The molecule has 0 heterocycles. The van der Waals surface area contributed by atoms with Crippen LogP contribution in [0.15, 0.2) is 60.7 Å². The fourth-order valence-corrected chi connectivity index (χ4v) is 2.38. The van der Waals surface area contributed by atoms with Crippen LogP contribution in [0.1, 0.15) is 17.5 Å². The van der Waals surface area contributed by atoms with Crippen LogP contribution in [0.25, 0.3) is 0 Å². The monoisotopic (exact) mass is 254 g/mol. The fourth-order valence-electron chi connectivity index (χ4n) is 2.38. The van der Waals surface area contributed by atoms with Crippen LogP contribution in [0.4, 0.5) is 0 Å². The van der Waals surface area contributed by atoms with Crippen molar-refractivity contribution in [2.75, 3.05) is 13.7 Å². The summed E-state index contributed by atoms with van der Waals surface area (Å²) in [4.78, 5) is 11.9. The van der Waals surface area contributed by atoms with E-state index in [2.05, 4.69) is 0 Å². The van der Waals surface area contributed by atoms with E-state index in [1.807, 2.05) is 60.7 Å². The second-order valence-corrected chi connectivity index (χ2v) is 4.56. The predicted molar refractivity (Wildman–Crippen MR) is 76.2 cm³/mol. The average molecular weight is 254 g/mol. The van der Waals surface area contributed by atoms with E-state index in [9.17, 15) is 4.79 Å². The molecule has 19 heavy (non-hydrogen) atoms. The minimum absolute atomic E-state index is 0.544. The smallest absolute Gasteiger partial charge is 0.135 e. The van der Waals surface area contributed by atoms with Gasteiger partial charge in [0.25, 0.3) is 0 Å². The van der Waals surface area contributed by atoms with Gasteiger partial charge in [-0.2, -0.15) is 0 Å². The summed E-state index contributed by atoms with van der Waals surface area (Å²) in [7, 11) is 1.66. The highest BCUT2D eigenvalue weighted by Crippen LogP contribution is 2.33. The number of carbonyl (C=O) groups excluding carboxylic acids is 1. The predicted octanol–water partition coefficient (Wildman–Crippen LogP) is 3.21. The highest BCUT2D eigenvalue weighted by Gasteiger charge is 2.33. The Labute approximate surface area is 114 Å². The van der Waals surface area contributed by atoms with Crippen LogP contribution in [0.5, 0.6) is 0 Å². The van der Waals surface area contributed by atoms with E-state index in [1.165, 1.54) is 0 Å². The first kappa shape index (κ1) is 13.5. The zero-order chi connectivity index (χ0) is 13.6. The lowest BCUT2D eigenvalue weighted by atomic mass is 9.73. The number of hydrogen-bond acceptors (Lipinski definition) is 2. The van der Waals surface area contributed by atoms with Crippen LogP contribution in [-0.4, -0.2) is 20.0 Å². The molecule has 0 aliphatic rings. The van der Waals surface area contributed by atoms with Gasteiger partial charge in [0.15, 0.2) is 0 Å². The van der Waals surface area contributed by atoms with Gasteiger partial charge in [0.05, 0.1) is 5.41 Å². The highest BCUT2D eigenvalue weighted by atomic mass is 16.5. The van der Waals surface area contributed by atoms with E-state index in [4.69, 9.17) is 4.74 Å². The molecular weight excluding hydrogens is 236 g/mol. The van der Waals surface area contributed by atoms with Crippen molar-refractivity contribution in [1.82, 2.24) is 0 Å². The van der Waals surface area contributed by atoms with Gasteiger partial charge in [-0.3, -0.25) is 0 Å². The number of methoxy groups -OCH3 is 1. The molecule has 2 aromatic carbocycles. The molecule has 0 aliphatic heterocycles. The van der Waals surface area contributed by atoms with Gasteiger partial charge in [-0.1, -0.05) is 60.7 Å². The van der Waals surface area contributed by atoms with E-state index in [1.54, 1.807) is 7.11 Å². The van der Waals surface area contributed by atoms with Crippen molar-refractivity contribution >= 4 is 6.29 Å². The third-order valence-corrected chi connectivity index (χ3v) is 3.48. The highest BCUT2D eigenvalue weighted by molar-refractivity contribution is 5.75. The molecule has 2 nitrogen and oxygen atoms in total. The summed E-state index contributed by atoms with van der Waals surface area (Å²) in [6, 6.07) is 19.8. The molecule has 0 fully saturated rings. The van der Waals surface area contributed by atoms with Crippen molar-refractivity contribution in [3.63, 3.8) is 0 Å². The van der Waals surface area contributed by atoms with Gasteiger partial charge in [-0.05, 0) is 17.5 Å². The zero-order valence-electron chi connectivity index (χ0n) is 11.1. The Morgan fingerprint density at radius 3 is 1.79 bits per heavy atom. The minimum Gasteiger partial charge on any atom is -0.385 e. The molecule has 0 unspecified atom stereocenters. The first-order valence-electron chi connectivity index (χ1n) is 6.40. The summed E-state index contributed by atoms with van der Waals surface area (Å²) in [5.74, 6) is 0. The molecule has 0 spiro atoms. The topological polar surface area (TPSA) is 26.3 Å². The van der Waals surface area contributed by atoms with Gasteiger partial charge in [0.1, 0.15) is 6.29 Å². The Hall–Kier alpha value is -1.93. The van der Waals surface area contributed by atoms with Crippen LogP contribution < -0.4 is 0 Å². The normalized spacial score (nSPS) is 11.2. The fraction of sp³-hybridized carbons (Fsp3) is 0.235. The average Bonchev–Trinajstić information content (AvgIpc) is 2.51. The third-order valence-electron chi connectivity index (χ3n) is 3.48. The summed E-state index contributed by atoms with van der Waals surface area (Å²) < 4.78 is 5.18. The molecule has 0 radical (unpaired) electrons. The van der Waals surface area contributed by atoms with Crippen molar-refractivity contribution in [2.24, 2.45) is 0 Å². The molecule has 2 aromatic rings. The molecular formula is C17H18O2. The standard InChI is InChI=1S/C17H18O2/c1-19-13-12-17(14-18,15-8-4-2-5-9-15)16-10-6-3-7-11-16/h2-11,14H,12-13H2,1H3. The molecule has 0 atom stereocenters. The minimum atomic E-state index is -0.626. The third kappa shape index (κ3) is 2.74. The van der Waals surface area contributed by atoms with Gasteiger partial charge in [-0.15, -0.1) is 0 Å². The molecule has 0 saturated carbocycles. The lowest BCUT2D eigenvalue weighted by Gasteiger charge is -2.29. The number of hydrogen-bond donors (Lipinski definition) is 0. The maximum absolute atomic E-state index is 11.9. The molecule has 0 amide bonds. The number of rotatable bonds is 6. The number of carbonyl (C=O) groups is 1. The van der Waals surface area contributed by atoms with Crippen LogP contribution in [0.2, 0.25) is 0 Å². The van der Waals surface area contributed by atoms with Crippen molar-refractivity contribution < 1.29 is 9.53 Å².